The summed E-state index contributed by atoms with van der Waals surface area (Å²) >= 11 is 0. The fourth-order valence-corrected chi connectivity index (χ4v) is 8.39. The second-order valence-electron chi connectivity index (χ2n) is 14.3. The van der Waals surface area contributed by atoms with Gasteiger partial charge in [-0.05, 0) is 112 Å². The Hall–Kier alpha value is -2.74. The Kier molecular flexibility index (Phi) is 12.3. The Balaban J connectivity index is 1.28. The predicted octanol–water partition coefficient (Wildman–Crippen LogP) is 8.12. The molecule has 2 aliphatic carbocycles. The van der Waals surface area contributed by atoms with Crippen LogP contribution >= 0.6 is 0 Å². The van der Waals surface area contributed by atoms with Crippen molar-refractivity contribution < 1.29 is 32.7 Å². The van der Waals surface area contributed by atoms with Gasteiger partial charge in [-0.25, -0.2) is 4.79 Å². The van der Waals surface area contributed by atoms with E-state index in [2.05, 4.69) is 6.92 Å². The molecule has 0 unspecified atom stereocenters. The first-order valence-corrected chi connectivity index (χ1v) is 17.9. The lowest BCUT2D eigenvalue weighted by atomic mass is 9.74. The first-order valence-electron chi connectivity index (χ1n) is 17.9. The Labute approximate surface area is 273 Å². The van der Waals surface area contributed by atoms with Crippen molar-refractivity contribution in [2.45, 2.75) is 116 Å². The van der Waals surface area contributed by atoms with Crippen molar-refractivity contribution >= 4 is 28.6 Å². The molecule has 2 heterocycles. The molecule has 2 saturated carbocycles. The van der Waals surface area contributed by atoms with Crippen molar-refractivity contribution in [3.63, 3.8) is 0 Å². The van der Waals surface area contributed by atoms with Gasteiger partial charge in [0.15, 0.2) is 5.78 Å². The number of methoxy groups -OCH3 is 1. The van der Waals surface area contributed by atoms with Crippen molar-refractivity contribution in [2.75, 3.05) is 26.9 Å². The number of fused-ring (bicyclic) bond motifs is 1. The number of nitrogens with zero attached hydrogens (tertiary/aromatic N) is 1. The third kappa shape index (κ3) is 8.21. The van der Waals surface area contributed by atoms with Crippen molar-refractivity contribution in [3.05, 3.63) is 35.6 Å². The lowest BCUT2D eigenvalue weighted by Crippen LogP contribution is -2.48. The first-order chi connectivity index (χ1) is 22.3. The zero-order valence-electron chi connectivity index (χ0n) is 28.1. The number of Topliss-reactive ketones (excluding diaryl/α,β-unsaturated/α-hetero) is 1. The molecule has 254 valence electrons. The van der Waals surface area contributed by atoms with E-state index in [1.807, 2.05) is 30.0 Å². The maximum atomic E-state index is 14.3. The molecule has 0 N–H and O–H groups in total. The molecule has 46 heavy (non-hydrogen) atoms. The van der Waals surface area contributed by atoms with E-state index >= 15 is 0 Å². The quantitative estimate of drug-likeness (QED) is 0.153. The summed E-state index contributed by atoms with van der Waals surface area (Å²) in [6.07, 6.45) is 12.7. The molecule has 0 radical (unpaired) electrons. The number of carbonyl (C=O) groups excluding carboxylic acids is 3. The zero-order chi connectivity index (χ0) is 32.6. The predicted molar refractivity (Wildman–Crippen MR) is 176 cm³/mol. The monoisotopic (exact) mass is 639 g/mol. The van der Waals surface area contributed by atoms with Gasteiger partial charge in [0.2, 0.25) is 11.7 Å². The van der Waals surface area contributed by atoms with Crippen LogP contribution in [-0.2, 0) is 25.5 Å². The van der Waals surface area contributed by atoms with Gasteiger partial charge in [-0.1, -0.05) is 39.2 Å². The Morgan fingerprint density at radius 1 is 0.978 bits per heavy atom. The standard InChI is InChI=1S/C38H54FNO6/c1-4-5-6-7-20-45-38(43)35-23-30-21-26(8-17-34(30)46-35)22-33(41)36-32(28-13-15-31(44-3)16-14-28)18-19-40(36)37(42)29-11-9-27(10-12-29)25(2)24-39/h8,17,21,23,25,27-29,31-32,36H,4-7,9-16,18-20,22,24H2,1-3H3/t25-,27?,28?,29?,31?,32+,36+/m1/s1. The largest absolute Gasteiger partial charge is 0.460 e. The molecule has 1 amide bonds. The van der Waals surface area contributed by atoms with Crippen LogP contribution in [0, 0.1) is 29.6 Å². The number of rotatable bonds is 14. The number of hydrogen-bond acceptors (Lipinski definition) is 6. The second kappa shape index (κ2) is 16.4. The minimum absolute atomic E-state index is 0.0358. The number of esters is 1. The van der Waals surface area contributed by atoms with E-state index in [-0.39, 0.29) is 54.4 Å². The highest BCUT2D eigenvalue weighted by Crippen LogP contribution is 2.42. The Morgan fingerprint density at radius 3 is 2.43 bits per heavy atom. The van der Waals surface area contributed by atoms with Gasteiger partial charge in [-0.3, -0.25) is 14.0 Å². The first kappa shape index (κ1) is 34.6. The van der Waals surface area contributed by atoms with Crippen LogP contribution in [0.15, 0.2) is 28.7 Å². The summed E-state index contributed by atoms with van der Waals surface area (Å²) in [6.45, 7) is 4.79. The van der Waals surface area contributed by atoms with Gasteiger partial charge in [-0.15, -0.1) is 0 Å². The highest BCUT2D eigenvalue weighted by Gasteiger charge is 2.47. The molecule has 8 heteroatoms. The molecule has 7 nitrogen and oxygen atoms in total. The van der Waals surface area contributed by atoms with Gasteiger partial charge < -0.3 is 18.8 Å². The normalized spacial score (nSPS) is 27.5. The highest BCUT2D eigenvalue weighted by atomic mass is 19.1. The smallest absolute Gasteiger partial charge is 0.374 e. The van der Waals surface area contributed by atoms with Gasteiger partial charge in [0.1, 0.15) is 5.58 Å². The highest BCUT2D eigenvalue weighted by molar-refractivity contribution is 5.94. The second-order valence-corrected chi connectivity index (χ2v) is 14.3. The summed E-state index contributed by atoms with van der Waals surface area (Å²) in [7, 11) is 1.77. The zero-order valence-corrected chi connectivity index (χ0v) is 28.1. The fraction of sp³-hybridized carbons (Fsp3) is 0.711. The molecule has 5 rings (SSSR count). The molecular formula is C38H54FNO6. The molecule has 1 saturated heterocycles. The number of ketones is 1. The van der Waals surface area contributed by atoms with Crippen LogP contribution in [0.4, 0.5) is 4.39 Å². The number of amides is 1. The van der Waals surface area contributed by atoms with E-state index in [0.717, 1.165) is 94.4 Å². The topological polar surface area (TPSA) is 86.1 Å². The molecule has 1 aromatic carbocycles. The van der Waals surface area contributed by atoms with Gasteiger partial charge in [0.05, 0.1) is 25.4 Å². The third-order valence-electron chi connectivity index (χ3n) is 11.3. The summed E-state index contributed by atoms with van der Waals surface area (Å²) < 4.78 is 30.1. The molecule has 3 atom stereocenters. The number of furan rings is 1. The van der Waals surface area contributed by atoms with Crippen molar-refractivity contribution in [3.8, 4) is 0 Å². The number of alkyl halides is 1. The lowest BCUT2D eigenvalue weighted by molar-refractivity contribution is -0.143. The fourth-order valence-electron chi connectivity index (χ4n) is 8.39. The van der Waals surface area contributed by atoms with Crippen molar-refractivity contribution in [1.82, 2.24) is 4.90 Å². The van der Waals surface area contributed by atoms with Crippen LogP contribution in [0.3, 0.4) is 0 Å². The Morgan fingerprint density at radius 2 is 1.74 bits per heavy atom. The van der Waals surface area contributed by atoms with Crippen molar-refractivity contribution in [1.29, 1.82) is 0 Å². The van der Waals surface area contributed by atoms with Crippen LogP contribution in [0.1, 0.15) is 113 Å². The van der Waals surface area contributed by atoms with Crippen LogP contribution in [-0.4, -0.2) is 61.6 Å². The average Bonchev–Trinajstić information content (AvgIpc) is 3.72. The average molecular weight is 640 g/mol. The lowest BCUT2D eigenvalue weighted by Gasteiger charge is -2.37. The molecule has 1 aromatic heterocycles. The third-order valence-corrected chi connectivity index (χ3v) is 11.3. The molecule has 3 aliphatic rings. The maximum Gasteiger partial charge on any atom is 0.374 e. The van der Waals surface area contributed by atoms with E-state index in [1.165, 1.54) is 0 Å². The molecule has 1 aliphatic heterocycles. The molecule has 0 spiro atoms. The number of benzene rings is 1. The van der Waals surface area contributed by atoms with E-state index in [0.29, 0.717) is 30.6 Å². The van der Waals surface area contributed by atoms with E-state index in [1.54, 1.807) is 13.2 Å². The molecule has 0 bridgehead atoms. The molecular weight excluding hydrogens is 585 g/mol. The van der Waals surface area contributed by atoms with Gasteiger partial charge in [0, 0.05) is 31.4 Å². The number of halogens is 1. The maximum absolute atomic E-state index is 14.3. The SMILES string of the molecule is CCCCCCOC(=O)c1cc2cc(CC(=O)[C@@H]3[C@H](C4CCC(OC)CC4)CCN3C(=O)C3CCC([C@H](C)CF)CC3)ccc2o1. The van der Waals surface area contributed by atoms with Crippen LogP contribution in [0.25, 0.3) is 11.0 Å². The number of hydrogen-bond donors (Lipinski definition) is 0. The molecule has 2 aromatic rings. The summed E-state index contributed by atoms with van der Waals surface area (Å²) in [5, 5.41) is 0.760. The number of likely N-dealkylation sites (tertiary alicyclic amines) is 1. The van der Waals surface area contributed by atoms with Crippen molar-refractivity contribution in [2.24, 2.45) is 29.6 Å². The number of ether oxygens (including phenoxy) is 2. The number of unbranched alkanes of at least 4 members (excludes halogenated alkanes) is 3. The molecule has 3 fully saturated rings. The number of carbonyl (C=O) groups is 3. The van der Waals surface area contributed by atoms with Crippen LogP contribution in [0.5, 0.6) is 0 Å². The summed E-state index contributed by atoms with van der Waals surface area (Å²) in [4.78, 5) is 42.8. The van der Waals surface area contributed by atoms with E-state index in [4.69, 9.17) is 13.9 Å². The summed E-state index contributed by atoms with van der Waals surface area (Å²) in [5.74, 6) is 0.718. The van der Waals surface area contributed by atoms with Gasteiger partial charge >= 0.3 is 5.97 Å². The Bertz CT molecular complexity index is 1310. The van der Waals surface area contributed by atoms with Gasteiger partial charge in [0.25, 0.3) is 0 Å². The summed E-state index contributed by atoms with van der Waals surface area (Å²) in [6, 6.07) is 6.88. The summed E-state index contributed by atoms with van der Waals surface area (Å²) in [5.41, 5.74) is 1.43. The minimum atomic E-state index is -0.468. The van der Waals surface area contributed by atoms with Gasteiger partial charge in [-0.2, -0.15) is 0 Å². The van der Waals surface area contributed by atoms with E-state index in [9.17, 15) is 18.8 Å². The van der Waals surface area contributed by atoms with E-state index < -0.39 is 12.0 Å². The minimum Gasteiger partial charge on any atom is -0.460 e. The van der Waals surface area contributed by atoms with Crippen LogP contribution < -0.4 is 0 Å². The van der Waals surface area contributed by atoms with Crippen LogP contribution in [0.2, 0.25) is 0 Å².